The van der Waals surface area contributed by atoms with Gasteiger partial charge in [-0.3, -0.25) is 0 Å². The molecule has 6 heteroatoms. The Kier molecular flexibility index (Phi) is 5.63. The Morgan fingerprint density at radius 2 is 2.20 bits per heavy atom. The number of halogens is 3. The minimum absolute atomic E-state index is 0.0842. The van der Waals surface area contributed by atoms with Crippen LogP contribution in [0.5, 0.6) is 0 Å². The van der Waals surface area contributed by atoms with Gasteiger partial charge < -0.3 is 5.32 Å². The summed E-state index contributed by atoms with van der Waals surface area (Å²) in [5, 5.41) is 5.19. The Labute approximate surface area is 129 Å². The van der Waals surface area contributed by atoms with Crippen molar-refractivity contribution in [2.45, 2.75) is 25.8 Å². The van der Waals surface area contributed by atoms with Crippen LogP contribution in [-0.2, 0) is 6.42 Å². The Hall–Kier alpha value is -0.850. The van der Waals surface area contributed by atoms with E-state index in [1.807, 2.05) is 12.3 Å². The quantitative estimate of drug-likeness (QED) is 0.768. The summed E-state index contributed by atoms with van der Waals surface area (Å²) in [5.74, 6) is -1.06. The number of thiazole rings is 1. The SMILES string of the molecule is CCCNC(Cc1c(F)ccc(Br)c1F)c1cscn1. The Morgan fingerprint density at radius 3 is 2.85 bits per heavy atom. The zero-order chi connectivity index (χ0) is 14.5. The first-order chi connectivity index (χ1) is 9.63. The van der Waals surface area contributed by atoms with E-state index in [1.54, 1.807) is 5.51 Å². The molecule has 1 heterocycles. The highest BCUT2D eigenvalue weighted by Gasteiger charge is 2.20. The number of rotatable bonds is 6. The highest BCUT2D eigenvalue weighted by Crippen LogP contribution is 2.26. The average Bonchev–Trinajstić information content (AvgIpc) is 2.96. The molecule has 1 N–H and O–H groups in total. The summed E-state index contributed by atoms with van der Waals surface area (Å²) in [6.45, 7) is 2.82. The van der Waals surface area contributed by atoms with Crippen LogP contribution in [0.25, 0.3) is 0 Å². The summed E-state index contributed by atoms with van der Waals surface area (Å²) < 4.78 is 28.2. The van der Waals surface area contributed by atoms with Crippen LogP contribution in [0.15, 0.2) is 27.5 Å². The molecule has 1 unspecified atom stereocenters. The van der Waals surface area contributed by atoms with Crippen LogP contribution < -0.4 is 5.32 Å². The van der Waals surface area contributed by atoms with E-state index in [-0.39, 0.29) is 22.5 Å². The molecule has 1 aromatic heterocycles. The fourth-order valence-electron chi connectivity index (χ4n) is 1.95. The van der Waals surface area contributed by atoms with Gasteiger partial charge in [0.25, 0.3) is 0 Å². The van der Waals surface area contributed by atoms with Gasteiger partial charge in [-0.05, 0) is 47.4 Å². The van der Waals surface area contributed by atoms with Gasteiger partial charge >= 0.3 is 0 Å². The predicted octanol–water partition coefficient (Wildman–Crippen LogP) is 4.47. The second-order valence-corrected chi connectivity index (χ2v) is 6.02. The molecule has 20 heavy (non-hydrogen) atoms. The lowest BCUT2D eigenvalue weighted by molar-refractivity contribution is 0.483. The molecule has 0 amide bonds. The van der Waals surface area contributed by atoms with Gasteiger partial charge in [0.1, 0.15) is 11.6 Å². The van der Waals surface area contributed by atoms with Crippen LogP contribution in [0.2, 0.25) is 0 Å². The summed E-state index contributed by atoms with van der Waals surface area (Å²) in [6.07, 6.45) is 1.19. The minimum Gasteiger partial charge on any atom is -0.308 e. The summed E-state index contributed by atoms with van der Waals surface area (Å²) in [6, 6.07) is 2.48. The molecule has 0 radical (unpaired) electrons. The third kappa shape index (κ3) is 3.62. The molecule has 0 fully saturated rings. The molecule has 108 valence electrons. The van der Waals surface area contributed by atoms with Gasteiger partial charge in [-0.15, -0.1) is 11.3 Å². The van der Waals surface area contributed by atoms with Crippen molar-refractivity contribution in [1.82, 2.24) is 10.3 Å². The Bertz CT molecular complexity index is 561. The highest BCUT2D eigenvalue weighted by molar-refractivity contribution is 9.10. The van der Waals surface area contributed by atoms with Crippen molar-refractivity contribution in [2.24, 2.45) is 0 Å². The molecule has 2 aromatic rings. The Balaban J connectivity index is 2.26. The molecule has 0 aliphatic heterocycles. The van der Waals surface area contributed by atoms with E-state index in [9.17, 15) is 8.78 Å². The molecule has 2 rings (SSSR count). The fraction of sp³-hybridized carbons (Fsp3) is 0.357. The van der Waals surface area contributed by atoms with Gasteiger partial charge in [0, 0.05) is 10.9 Å². The van der Waals surface area contributed by atoms with Crippen molar-refractivity contribution in [1.29, 1.82) is 0 Å². The molecule has 2 nitrogen and oxygen atoms in total. The normalized spacial score (nSPS) is 12.6. The topological polar surface area (TPSA) is 24.9 Å². The third-order valence-corrected chi connectivity index (χ3v) is 4.21. The van der Waals surface area contributed by atoms with E-state index in [4.69, 9.17) is 0 Å². The van der Waals surface area contributed by atoms with Crippen molar-refractivity contribution in [3.8, 4) is 0 Å². The molecule has 1 atom stereocenters. The third-order valence-electron chi connectivity index (χ3n) is 3.00. The Morgan fingerprint density at radius 1 is 1.40 bits per heavy atom. The standard InChI is InChI=1S/C14H15BrF2N2S/c1-2-5-18-12(13-7-20-8-19-13)6-9-11(16)4-3-10(15)14(9)17/h3-4,7-8,12,18H,2,5-6H2,1H3. The van der Waals surface area contributed by atoms with Crippen molar-refractivity contribution in [2.75, 3.05) is 6.54 Å². The molecule has 0 aliphatic carbocycles. The zero-order valence-electron chi connectivity index (χ0n) is 11.0. The lowest BCUT2D eigenvalue weighted by atomic mass is 10.0. The summed E-state index contributed by atoms with van der Waals surface area (Å²) in [7, 11) is 0. The molecule has 0 spiro atoms. The number of nitrogens with zero attached hydrogens (tertiary/aromatic N) is 1. The van der Waals surface area contributed by atoms with Gasteiger partial charge in [-0.1, -0.05) is 6.92 Å². The fourth-order valence-corrected chi connectivity index (χ4v) is 2.93. The van der Waals surface area contributed by atoms with E-state index in [0.29, 0.717) is 0 Å². The molecule has 0 aliphatic rings. The second-order valence-electron chi connectivity index (χ2n) is 4.45. The van der Waals surface area contributed by atoms with E-state index < -0.39 is 11.6 Å². The lowest BCUT2D eigenvalue weighted by Crippen LogP contribution is -2.25. The van der Waals surface area contributed by atoms with E-state index in [0.717, 1.165) is 18.7 Å². The molecule has 0 bridgehead atoms. The maximum absolute atomic E-state index is 14.1. The maximum atomic E-state index is 14.1. The van der Waals surface area contributed by atoms with Crippen molar-refractivity contribution in [3.05, 3.63) is 50.4 Å². The second kappa shape index (κ2) is 7.24. The minimum atomic E-state index is -0.538. The van der Waals surface area contributed by atoms with Crippen molar-refractivity contribution in [3.63, 3.8) is 0 Å². The maximum Gasteiger partial charge on any atom is 0.143 e. The van der Waals surface area contributed by atoms with Crippen LogP contribution in [0.4, 0.5) is 8.78 Å². The largest absolute Gasteiger partial charge is 0.308 e. The summed E-state index contributed by atoms with van der Waals surface area (Å²) in [5.41, 5.74) is 2.63. The van der Waals surface area contributed by atoms with Gasteiger partial charge in [0.05, 0.1) is 21.7 Å². The molecule has 1 aromatic carbocycles. The highest BCUT2D eigenvalue weighted by atomic mass is 79.9. The monoisotopic (exact) mass is 360 g/mol. The summed E-state index contributed by atoms with van der Waals surface area (Å²) in [4.78, 5) is 4.25. The zero-order valence-corrected chi connectivity index (χ0v) is 13.4. The van der Waals surface area contributed by atoms with E-state index in [2.05, 4.69) is 26.2 Å². The predicted molar refractivity (Wildman–Crippen MR) is 80.9 cm³/mol. The van der Waals surface area contributed by atoms with Crippen LogP contribution in [0.1, 0.15) is 30.6 Å². The molecular weight excluding hydrogens is 346 g/mol. The van der Waals surface area contributed by atoms with E-state index in [1.165, 1.54) is 23.5 Å². The van der Waals surface area contributed by atoms with Gasteiger partial charge in [0.2, 0.25) is 0 Å². The van der Waals surface area contributed by atoms with Gasteiger partial charge in [-0.2, -0.15) is 0 Å². The summed E-state index contributed by atoms with van der Waals surface area (Å²) >= 11 is 4.57. The van der Waals surface area contributed by atoms with Crippen molar-refractivity contribution < 1.29 is 8.78 Å². The van der Waals surface area contributed by atoms with E-state index >= 15 is 0 Å². The van der Waals surface area contributed by atoms with Crippen molar-refractivity contribution >= 4 is 27.3 Å². The first-order valence-electron chi connectivity index (χ1n) is 6.37. The number of aromatic nitrogens is 1. The molecule has 0 saturated carbocycles. The number of benzene rings is 1. The molecule has 0 saturated heterocycles. The first kappa shape index (κ1) is 15.5. The van der Waals surface area contributed by atoms with Crippen LogP contribution >= 0.6 is 27.3 Å². The lowest BCUT2D eigenvalue weighted by Gasteiger charge is -2.17. The molecular formula is C14H15BrF2N2S. The number of nitrogens with one attached hydrogen (secondary N) is 1. The number of hydrogen-bond donors (Lipinski definition) is 1. The van der Waals surface area contributed by atoms with Crippen LogP contribution in [-0.4, -0.2) is 11.5 Å². The van der Waals surface area contributed by atoms with Crippen LogP contribution in [0.3, 0.4) is 0 Å². The average molecular weight is 361 g/mol. The van der Waals surface area contributed by atoms with Gasteiger partial charge in [-0.25, -0.2) is 13.8 Å². The number of hydrogen-bond acceptors (Lipinski definition) is 3. The smallest absolute Gasteiger partial charge is 0.143 e. The van der Waals surface area contributed by atoms with Crippen LogP contribution in [0, 0.1) is 11.6 Å². The first-order valence-corrected chi connectivity index (χ1v) is 8.11. The van der Waals surface area contributed by atoms with Gasteiger partial charge in [0.15, 0.2) is 0 Å².